The van der Waals surface area contributed by atoms with Crippen LogP contribution in [0.5, 0.6) is 0 Å². The number of carbonyl (C=O) groups excluding carboxylic acids is 3. The lowest BCUT2D eigenvalue weighted by Crippen LogP contribution is -3.11. The zero-order chi connectivity index (χ0) is 18.9. The molecule has 4 N–H and O–H groups in total. The molecule has 3 amide bonds. The van der Waals surface area contributed by atoms with Gasteiger partial charge in [-0.25, -0.2) is 4.39 Å². The van der Waals surface area contributed by atoms with Crippen molar-refractivity contribution >= 4 is 23.4 Å². The third-order valence-corrected chi connectivity index (χ3v) is 3.40. The van der Waals surface area contributed by atoms with Crippen LogP contribution in [0.15, 0.2) is 54.6 Å². The zero-order valence-corrected chi connectivity index (χ0v) is 14.2. The summed E-state index contributed by atoms with van der Waals surface area (Å²) >= 11 is 0. The number of anilines is 1. The number of carbonyl (C=O) groups is 3. The van der Waals surface area contributed by atoms with Gasteiger partial charge in [-0.2, -0.15) is 0 Å². The van der Waals surface area contributed by atoms with Crippen LogP contribution < -0.4 is 21.1 Å². The Morgan fingerprint density at radius 3 is 2.15 bits per heavy atom. The lowest BCUT2D eigenvalue weighted by Gasteiger charge is -2.14. The van der Waals surface area contributed by atoms with Crippen molar-refractivity contribution in [3.05, 3.63) is 66.0 Å². The van der Waals surface area contributed by atoms with E-state index in [0.717, 1.165) is 0 Å². The van der Waals surface area contributed by atoms with Gasteiger partial charge in [0.15, 0.2) is 13.1 Å². The molecule has 7 nitrogen and oxygen atoms in total. The molecule has 0 radical (unpaired) electrons. The van der Waals surface area contributed by atoms with Gasteiger partial charge >= 0.3 is 0 Å². The highest BCUT2D eigenvalue weighted by Gasteiger charge is 2.15. The Labute approximate surface area is 150 Å². The summed E-state index contributed by atoms with van der Waals surface area (Å²) in [7, 11) is 1.67. The van der Waals surface area contributed by atoms with Gasteiger partial charge in [-0.05, 0) is 36.4 Å². The second-order valence-electron chi connectivity index (χ2n) is 5.73. The first-order chi connectivity index (χ1) is 12.4. The van der Waals surface area contributed by atoms with Crippen LogP contribution in [0.4, 0.5) is 10.1 Å². The number of benzene rings is 2. The number of likely N-dealkylation sites (N-methyl/N-ethyl adjacent to an activating group) is 1. The first-order valence-corrected chi connectivity index (χ1v) is 7.95. The summed E-state index contributed by atoms with van der Waals surface area (Å²) in [5.74, 6) is -1.55. The van der Waals surface area contributed by atoms with Crippen LogP contribution in [0.1, 0.15) is 10.4 Å². The predicted octanol–water partition coefficient (Wildman–Crippen LogP) is -0.260. The van der Waals surface area contributed by atoms with E-state index in [9.17, 15) is 18.8 Å². The molecular formula is C18H20FN4O3+. The van der Waals surface area contributed by atoms with Crippen LogP contribution in [-0.4, -0.2) is 37.9 Å². The number of rotatable bonds is 6. The van der Waals surface area contributed by atoms with E-state index >= 15 is 0 Å². The van der Waals surface area contributed by atoms with Gasteiger partial charge < -0.3 is 10.2 Å². The second kappa shape index (κ2) is 9.28. The largest absolute Gasteiger partial charge is 0.322 e. The van der Waals surface area contributed by atoms with Gasteiger partial charge in [0, 0.05) is 11.3 Å². The Morgan fingerprint density at radius 1 is 0.885 bits per heavy atom. The maximum atomic E-state index is 12.8. The molecule has 1 unspecified atom stereocenters. The Hall–Kier alpha value is -3.26. The Kier molecular flexibility index (Phi) is 6.81. The molecule has 0 spiro atoms. The molecule has 0 bridgehead atoms. The number of hydrazine groups is 1. The predicted molar refractivity (Wildman–Crippen MR) is 93.7 cm³/mol. The molecule has 0 saturated heterocycles. The van der Waals surface area contributed by atoms with Gasteiger partial charge in [-0.15, -0.1) is 0 Å². The fraction of sp³-hybridized carbons (Fsp3) is 0.167. The molecule has 0 aliphatic heterocycles. The van der Waals surface area contributed by atoms with Crippen molar-refractivity contribution in [3.63, 3.8) is 0 Å². The van der Waals surface area contributed by atoms with Gasteiger partial charge in [0.25, 0.3) is 17.7 Å². The molecule has 1 atom stereocenters. The number of quaternary nitrogens is 1. The SMILES string of the molecule is C[NH+](CC(=O)NNC(=O)c1ccccc1)CC(=O)Nc1ccc(F)cc1. The molecule has 0 aliphatic carbocycles. The number of hydrogen-bond acceptors (Lipinski definition) is 3. The van der Waals surface area contributed by atoms with Crippen molar-refractivity contribution in [2.24, 2.45) is 0 Å². The van der Waals surface area contributed by atoms with Crippen LogP contribution in [0.25, 0.3) is 0 Å². The topological polar surface area (TPSA) is 91.7 Å². The van der Waals surface area contributed by atoms with Crippen LogP contribution in [-0.2, 0) is 9.59 Å². The molecular weight excluding hydrogens is 339 g/mol. The Morgan fingerprint density at radius 2 is 1.50 bits per heavy atom. The molecule has 26 heavy (non-hydrogen) atoms. The van der Waals surface area contributed by atoms with Crippen molar-refractivity contribution < 1.29 is 23.7 Å². The van der Waals surface area contributed by atoms with E-state index < -0.39 is 11.8 Å². The van der Waals surface area contributed by atoms with Crippen molar-refractivity contribution in [2.75, 3.05) is 25.5 Å². The third kappa shape index (κ3) is 6.33. The Balaban J connectivity index is 1.71. The first-order valence-electron chi connectivity index (χ1n) is 7.95. The average molecular weight is 359 g/mol. The van der Waals surface area contributed by atoms with E-state index in [1.165, 1.54) is 24.3 Å². The van der Waals surface area contributed by atoms with Gasteiger partial charge in [-0.3, -0.25) is 25.2 Å². The maximum Gasteiger partial charge on any atom is 0.293 e. The van der Waals surface area contributed by atoms with Crippen LogP contribution in [0.3, 0.4) is 0 Å². The lowest BCUT2D eigenvalue weighted by atomic mass is 10.2. The molecule has 0 saturated carbocycles. The van der Waals surface area contributed by atoms with Gasteiger partial charge in [-0.1, -0.05) is 18.2 Å². The molecule has 2 aromatic rings. The lowest BCUT2D eigenvalue weighted by molar-refractivity contribution is -0.862. The minimum Gasteiger partial charge on any atom is -0.322 e. The van der Waals surface area contributed by atoms with Crippen molar-refractivity contribution in [1.82, 2.24) is 10.9 Å². The molecule has 136 valence electrons. The van der Waals surface area contributed by atoms with Crippen molar-refractivity contribution in [3.8, 4) is 0 Å². The highest BCUT2D eigenvalue weighted by atomic mass is 19.1. The van der Waals surface area contributed by atoms with E-state index in [1.807, 2.05) is 0 Å². The average Bonchev–Trinajstić information content (AvgIpc) is 2.62. The molecule has 8 heteroatoms. The maximum absolute atomic E-state index is 12.8. The highest BCUT2D eigenvalue weighted by Crippen LogP contribution is 2.07. The molecule has 2 rings (SSSR count). The molecule has 0 aliphatic rings. The first kappa shape index (κ1) is 19.1. The van der Waals surface area contributed by atoms with E-state index in [0.29, 0.717) is 16.2 Å². The smallest absolute Gasteiger partial charge is 0.293 e. The second-order valence-corrected chi connectivity index (χ2v) is 5.73. The van der Waals surface area contributed by atoms with Gasteiger partial charge in [0.2, 0.25) is 0 Å². The summed E-state index contributed by atoms with van der Waals surface area (Å²) in [6.07, 6.45) is 0. The summed E-state index contributed by atoms with van der Waals surface area (Å²) in [4.78, 5) is 36.2. The summed E-state index contributed by atoms with van der Waals surface area (Å²) < 4.78 is 12.8. The number of nitrogens with one attached hydrogen (secondary N) is 4. The molecule has 0 heterocycles. The third-order valence-electron chi connectivity index (χ3n) is 3.40. The fourth-order valence-corrected chi connectivity index (χ4v) is 2.18. The van der Waals surface area contributed by atoms with Crippen molar-refractivity contribution in [2.45, 2.75) is 0 Å². The van der Waals surface area contributed by atoms with E-state index in [2.05, 4.69) is 16.2 Å². The zero-order valence-electron chi connectivity index (χ0n) is 14.2. The highest BCUT2D eigenvalue weighted by molar-refractivity contribution is 5.95. The monoisotopic (exact) mass is 359 g/mol. The summed E-state index contributed by atoms with van der Waals surface area (Å²) in [6, 6.07) is 13.9. The molecule has 0 aromatic heterocycles. The van der Waals surface area contributed by atoms with E-state index in [4.69, 9.17) is 0 Å². The molecule has 0 fully saturated rings. The molecule has 2 aromatic carbocycles. The van der Waals surface area contributed by atoms with Crippen LogP contribution >= 0.6 is 0 Å². The number of hydrogen-bond donors (Lipinski definition) is 4. The minimum atomic E-state index is -0.429. The minimum absolute atomic E-state index is 0.00803. The fourth-order valence-electron chi connectivity index (χ4n) is 2.18. The standard InChI is InChI=1S/C18H19FN4O3/c1-23(11-16(24)20-15-9-7-14(19)8-10-15)12-17(25)21-22-18(26)13-5-3-2-4-6-13/h2-10H,11-12H2,1H3,(H,20,24)(H,21,25)(H,22,26)/p+1. The van der Waals surface area contributed by atoms with Gasteiger partial charge in [0.1, 0.15) is 5.82 Å². The number of amides is 3. The van der Waals surface area contributed by atoms with E-state index in [1.54, 1.807) is 37.4 Å². The summed E-state index contributed by atoms with van der Waals surface area (Å²) in [6.45, 7) is 0.0311. The van der Waals surface area contributed by atoms with Crippen LogP contribution in [0.2, 0.25) is 0 Å². The quantitative estimate of drug-likeness (QED) is 0.536. The van der Waals surface area contributed by atoms with Crippen LogP contribution in [0, 0.1) is 5.82 Å². The Bertz CT molecular complexity index is 766. The summed E-state index contributed by atoms with van der Waals surface area (Å²) in [5, 5.41) is 2.62. The number of halogens is 1. The normalized spacial score (nSPS) is 11.3. The van der Waals surface area contributed by atoms with E-state index in [-0.39, 0.29) is 24.8 Å². The van der Waals surface area contributed by atoms with Crippen molar-refractivity contribution in [1.29, 1.82) is 0 Å². The summed E-state index contributed by atoms with van der Waals surface area (Å²) in [5.41, 5.74) is 5.52. The van der Waals surface area contributed by atoms with Gasteiger partial charge in [0.05, 0.1) is 7.05 Å².